The lowest BCUT2D eigenvalue weighted by atomic mass is 9.73. The van der Waals surface area contributed by atoms with E-state index in [4.69, 9.17) is 9.97 Å². The topological polar surface area (TPSA) is 86.6 Å². The largest absolute Gasteiger partial charge is 0.345 e. The second-order valence-corrected chi connectivity index (χ2v) is 14.1. The number of rotatable bonds is 7. The summed E-state index contributed by atoms with van der Waals surface area (Å²) in [4.78, 5) is 42.4. The van der Waals surface area contributed by atoms with Crippen molar-refractivity contribution in [3.63, 3.8) is 0 Å². The van der Waals surface area contributed by atoms with Crippen LogP contribution in [-0.2, 0) is 15.0 Å². The Hall–Kier alpha value is -4.31. The molecule has 0 radical (unpaired) electrons. The molecule has 1 N–H and O–H groups in total. The van der Waals surface area contributed by atoms with E-state index in [0.717, 1.165) is 60.2 Å². The summed E-state index contributed by atoms with van der Waals surface area (Å²) in [5, 5.41) is 3.25. The summed E-state index contributed by atoms with van der Waals surface area (Å²) in [5.41, 5.74) is 4.92. The fourth-order valence-electron chi connectivity index (χ4n) is 8.34. The molecule has 1 spiro atoms. The third-order valence-corrected chi connectivity index (χ3v) is 11.1. The van der Waals surface area contributed by atoms with Crippen molar-refractivity contribution in [1.29, 1.82) is 0 Å². The molecule has 5 heterocycles. The smallest absolute Gasteiger partial charge is 0.238 e. The molecule has 1 saturated carbocycles. The molecule has 2 aromatic heterocycles. The Labute approximate surface area is 274 Å². The number of halogens is 1. The molecule has 47 heavy (non-hydrogen) atoms. The van der Waals surface area contributed by atoms with E-state index in [2.05, 4.69) is 47.2 Å². The van der Waals surface area contributed by atoms with Crippen molar-refractivity contribution in [2.24, 2.45) is 0 Å². The summed E-state index contributed by atoms with van der Waals surface area (Å²) < 4.78 is 16.9. The first kappa shape index (κ1) is 30.1. The molecular formula is C37H42FN7O2. The average molecular weight is 636 g/mol. The summed E-state index contributed by atoms with van der Waals surface area (Å²) in [5.74, 6) is 0.353. The van der Waals surface area contributed by atoms with Gasteiger partial charge in [-0.25, -0.2) is 14.4 Å². The summed E-state index contributed by atoms with van der Waals surface area (Å²) in [7, 11) is 0. The number of likely N-dealkylation sites (tertiary alicyclic amines) is 2. The number of hydrogen-bond acceptors (Lipinski definition) is 6. The standard InChI is InChI=1S/C37H42FN7O2/c1-24(2)44-22-39-32-21-31(41-35(34(32)44)40-30-9-5-4-8-29(30)38)25-10-11-28-33(18-25)45(27-19-26(20-27)43-14-6-3-7-15-43)36(47)37(28)12-16-42(23-46)17-13-37/h4-5,8-11,18,21-24,26-27H,3,6-7,12-17,19-20H2,1-2H3,(H,40,41). The maximum Gasteiger partial charge on any atom is 0.238 e. The first-order valence-electron chi connectivity index (χ1n) is 17.2. The molecule has 3 aliphatic heterocycles. The van der Waals surface area contributed by atoms with Crippen molar-refractivity contribution in [2.75, 3.05) is 36.4 Å². The van der Waals surface area contributed by atoms with Crippen molar-refractivity contribution in [3.05, 3.63) is 66.2 Å². The molecule has 0 bridgehead atoms. The van der Waals surface area contributed by atoms with E-state index < -0.39 is 5.41 Å². The van der Waals surface area contributed by atoms with Gasteiger partial charge in [0.25, 0.3) is 0 Å². The fourth-order valence-corrected chi connectivity index (χ4v) is 8.34. The number of amides is 2. The molecule has 0 unspecified atom stereocenters. The summed E-state index contributed by atoms with van der Waals surface area (Å²) >= 11 is 0. The third-order valence-electron chi connectivity index (χ3n) is 11.1. The lowest BCUT2D eigenvalue weighted by Crippen LogP contribution is -2.58. The van der Waals surface area contributed by atoms with Gasteiger partial charge in [-0.3, -0.25) is 9.59 Å². The molecule has 4 aliphatic rings. The highest BCUT2D eigenvalue weighted by Gasteiger charge is 2.55. The van der Waals surface area contributed by atoms with Crippen LogP contribution in [0, 0.1) is 5.82 Å². The Morgan fingerprint density at radius 3 is 2.47 bits per heavy atom. The van der Waals surface area contributed by atoms with E-state index in [-0.39, 0.29) is 23.8 Å². The number of benzene rings is 2. The van der Waals surface area contributed by atoms with E-state index in [9.17, 15) is 14.0 Å². The summed E-state index contributed by atoms with van der Waals surface area (Å²) in [6.07, 6.45) is 9.76. The molecule has 1 aliphatic carbocycles. The number of imidazole rings is 1. The molecule has 4 aromatic rings. The van der Waals surface area contributed by atoms with Gasteiger partial charge in [0.05, 0.1) is 28.6 Å². The molecule has 0 atom stereocenters. The SMILES string of the molecule is CC(C)n1cnc2cc(-c3ccc4c(c3)N(C3CC(N5CCCCC5)C3)C(=O)C43CCN(C=O)CC3)nc(Nc3ccccc3F)c21. The number of anilines is 3. The molecule has 2 amide bonds. The number of aromatic nitrogens is 3. The number of pyridine rings is 1. The Morgan fingerprint density at radius 2 is 1.74 bits per heavy atom. The van der Waals surface area contributed by atoms with Gasteiger partial charge in [0.1, 0.15) is 11.3 Å². The Balaban J connectivity index is 1.19. The van der Waals surface area contributed by atoms with E-state index in [1.807, 2.05) is 10.6 Å². The molecule has 9 nitrogen and oxygen atoms in total. The quantitative estimate of drug-likeness (QED) is 0.236. The van der Waals surface area contributed by atoms with Gasteiger partial charge in [0.15, 0.2) is 5.82 Å². The zero-order valence-electron chi connectivity index (χ0n) is 27.2. The van der Waals surface area contributed by atoms with Crippen molar-refractivity contribution in [2.45, 2.75) is 82.3 Å². The van der Waals surface area contributed by atoms with Gasteiger partial charge in [-0.2, -0.15) is 0 Å². The van der Waals surface area contributed by atoms with Crippen LogP contribution >= 0.6 is 0 Å². The van der Waals surface area contributed by atoms with Gasteiger partial charge < -0.3 is 24.6 Å². The first-order chi connectivity index (χ1) is 22.9. The predicted molar refractivity (Wildman–Crippen MR) is 181 cm³/mol. The van der Waals surface area contributed by atoms with Crippen molar-refractivity contribution in [3.8, 4) is 11.3 Å². The molecule has 2 saturated heterocycles. The summed E-state index contributed by atoms with van der Waals surface area (Å²) in [6.45, 7) is 7.63. The molecular weight excluding hydrogens is 593 g/mol. The van der Waals surface area contributed by atoms with Crippen LogP contribution in [0.2, 0.25) is 0 Å². The van der Waals surface area contributed by atoms with Crippen molar-refractivity contribution in [1.82, 2.24) is 24.3 Å². The Kier molecular flexibility index (Phi) is 7.50. The highest BCUT2D eigenvalue weighted by atomic mass is 19.1. The van der Waals surface area contributed by atoms with E-state index in [1.165, 1.54) is 25.3 Å². The van der Waals surface area contributed by atoms with Crippen LogP contribution < -0.4 is 10.2 Å². The van der Waals surface area contributed by atoms with Gasteiger partial charge in [0.2, 0.25) is 12.3 Å². The maximum absolute atomic E-state index is 14.8. The number of para-hydroxylation sites is 1. The Morgan fingerprint density at radius 1 is 0.979 bits per heavy atom. The minimum atomic E-state index is -0.617. The first-order valence-corrected chi connectivity index (χ1v) is 17.2. The van der Waals surface area contributed by atoms with Crippen molar-refractivity contribution >= 4 is 40.5 Å². The molecule has 2 aromatic carbocycles. The van der Waals surface area contributed by atoms with Crippen LogP contribution in [0.3, 0.4) is 0 Å². The average Bonchev–Trinajstić information content (AvgIpc) is 3.60. The van der Waals surface area contributed by atoms with E-state index in [0.29, 0.717) is 49.2 Å². The zero-order chi connectivity index (χ0) is 32.3. The monoisotopic (exact) mass is 635 g/mol. The number of fused-ring (bicyclic) bond motifs is 3. The number of nitrogens with zero attached hydrogens (tertiary/aromatic N) is 6. The Bertz CT molecular complexity index is 1830. The van der Waals surface area contributed by atoms with Crippen LogP contribution in [-0.4, -0.2) is 74.9 Å². The normalized spacial score (nSPS) is 22.6. The van der Waals surface area contributed by atoms with E-state index in [1.54, 1.807) is 29.4 Å². The van der Waals surface area contributed by atoms with Gasteiger partial charge in [-0.15, -0.1) is 0 Å². The second-order valence-electron chi connectivity index (χ2n) is 14.1. The van der Waals surface area contributed by atoms with Gasteiger partial charge in [0, 0.05) is 42.5 Å². The lowest BCUT2D eigenvalue weighted by Gasteiger charge is -2.48. The highest BCUT2D eigenvalue weighted by molar-refractivity contribution is 6.09. The van der Waals surface area contributed by atoms with Crippen molar-refractivity contribution < 1.29 is 14.0 Å². The molecule has 3 fully saturated rings. The van der Waals surface area contributed by atoms with Crippen LogP contribution in [0.25, 0.3) is 22.3 Å². The molecule has 244 valence electrons. The number of carbonyl (C=O) groups is 2. The number of hydrogen-bond donors (Lipinski definition) is 1. The highest BCUT2D eigenvalue weighted by Crippen LogP contribution is 2.52. The van der Waals surface area contributed by atoms with Gasteiger partial charge in [-0.1, -0.05) is 30.7 Å². The third kappa shape index (κ3) is 4.99. The van der Waals surface area contributed by atoms with Crippen LogP contribution in [0.1, 0.15) is 70.4 Å². The lowest BCUT2D eigenvalue weighted by molar-refractivity contribution is -0.128. The van der Waals surface area contributed by atoms with Crippen LogP contribution in [0.5, 0.6) is 0 Å². The van der Waals surface area contributed by atoms with Crippen LogP contribution in [0.4, 0.5) is 21.6 Å². The minimum absolute atomic E-state index is 0.131. The van der Waals surface area contributed by atoms with Crippen LogP contribution in [0.15, 0.2) is 54.9 Å². The summed E-state index contributed by atoms with van der Waals surface area (Å²) in [6, 6.07) is 15.7. The number of nitrogens with one attached hydrogen (secondary N) is 1. The second kappa shape index (κ2) is 11.7. The van der Waals surface area contributed by atoms with E-state index >= 15 is 0 Å². The molecule has 8 rings (SSSR count). The zero-order valence-corrected chi connectivity index (χ0v) is 27.2. The predicted octanol–water partition coefficient (Wildman–Crippen LogP) is 6.42. The van der Waals surface area contributed by atoms with Gasteiger partial charge in [-0.05, 0) is 95.3 Å². The van der Waals surface area contributed by atoms with Gasteiger partial charge >= 0.3 is 0 Å². The molecule has 10 heteroatoms. The number of piperidine rings is 2. The minimum Gasteiger partial charge on any atom is -0.345 e. The number of carbonyl (C=O) groups excluding carboxylic acids is 2. The maximum atomic E-state index is 14.8. The fraction of sp³-hybridized carbons (Fsp3) is 0.459.